The summed E-state index contributed by atoms with van der Waals surface area (Å²) in [6.45, 7) is 1.42. The average Bonchev–Trinajstić information content (AvgIpc) is 2.84. The van der Waals surface area contributed by atoms with Crippen LogP contribution in [0.3, 0.4) is 0 Å². The van der Waals surface area contributed by atoms with Gasteiger partial charge in [0.05, 0.1) is 5.57 Å². The van der Waals surface area contributed by atoms with Gasteiger partial charge in [-0.05, 0) is 60.1 Å². The maximum Gasteiger partial charge on any atom is 0.269 e. The number of nitrogens with one attached hydrogen (secondary N) is 1. The predicted octanol–water partition coefficient (Wildman–Crippen LogP) is 2.99. The zero-order chi connectivity index (χ0) is 22.1. The molecule has 1 saturated heterocycles. The van der Waals surface area contributed by atoms with Gasteiger partial charge >= 0.3 is 0 Å². The standard InChI is InChI=1S/C25H23N5O2/c26-24-21-13-18(2-1-17(21)7-10-27-24)16-8-11-30(12-9-16)25(32)20-3-5-22(28-15-20)19-4-6-23(31)29-14-19/h1-7,10,13-16,28H,8-9,11-12H2,(H2,26,27). The third kappa shape index (κ3) is 3.85. The number of carbonyl (C=O) groups excluding carboxylic acids is 2. The zero-order valence-electron chi connectivity index (χ0n) is 17.5. The zero-order valence-corrected chi connectivity index (χ0v) is 17.5. The Labute approximate surface area is 185 Å². The van der Waals surface area contributed by atoms with Crippen molar-refractivity contribution in [3.8, 4) is 0 Å². The van der Waals surface area contributed by atoms with Crippen molar-refractivity contribution in [1.82, 2.24) is 15.2 Å². The van der Waals surface area contributed by atoms with Crippen LogP contribution in [0, 0.1) is 0 Å². The molecule has 0 spiro atoms. The number of allylic oxidation sites excluding steroid dienone is 3. The molecule has 3 aliphatic heterocycles. The van der Waals surface area contributed by atoms with E-state index in [0.717, 1.165) is 34.9 Å². The summed E-state index contributed by atoms with van der Waals surface area (Å²) >= 11 is 0. The summed E-state index contributed by atoms with van der Waals surface area (Å²) in [4.78, 5) is 34.0. The molecular formula is C25H23N5O2. The lowest BCUT2D eigenvalue weighted by molar-refractivity contribution is -0.127. The predicted molar refractivity (Wildman–Crippen MR) is 125 cm³/mol. The van der Waals surface area contributed by atoms with Gasteiger partial charge in [-0.25, -0.2) is 9.98 Å². The number of likely N-dealkylation sites (tertiary alicyclic amines) is 1. The van der Waals surface area contributed by atoms with Crippen molar-refractivity contribution in [2.45, 2.75) is 18.8 Å². The smallest absolute Gasteiger partial charge is 0.269 e. The van der Waals surface area contributed by atoms with Crippen LogP contribution in [0.4, 0.5) is 5.82 Å². The molecule has 2 amide bonds. The summed E-state index contributed by atoms with van der Waals surface area (Å²) in [7, 11) is 0. The van der Waals surface area contributed by atoms with Crippen molar-refractivity contribution in [3.63, 3.8) is 0 Å². The van der Waals surface area contributed by atoms with E-state index in [2.05, 4.69) is 33.5 Å². The van der Waals surface area contributed by atoms with Gasteiger partial charge in [0.2, 0.25) is 0 Å². The molecular weight excluding hydrogens is 402 g/mol. The number of rotatable bonds is 2. The van der Waals surface area contributed by atoms with E-state index in [-0.39, 0.29) is 11.8 Å². The lowest BCUT2D eigenvalue weighted by Crippen LogP contribution is -2.39. The minimum atomic E-state index is -0.271. The molecule has 0 saturated carbocycles. The number of anilines is 1. The third-order valence-electron chi connectivity index (χ3n) is 6.18. The minimum Gasteiger partial charge on any atom is -0.383 e. The topological polar surface area (TPSA) is 101 Å². The fourth-order valence-electron chi connectivity index (χ4n) is 4.34. The highest BCUT2D eigenvalue weighted by Crippen LogP contribution is 2.32. The van der Waals surface area contributed by atoms with Crippen LogP contribution in [0.25, 0.3) is 10.8 Å². The van der Waals surface area contributed by atoms with E-state index >= 15 is 0 Å². The van der Waals surface area contributed by atoms with E-state index in [9.17, 15) is 9.59 Å². The van der Waals surface area contributed by atoms with E-state index in [1.165, 1.54) is 17.9 Å². The first-order valence-electron chi connectivity index (χ1n) is 10.7. The molecule has 5 rings (SSSR count). The summed E-state index contributed by atoms with van der Waals surface area (Å²) in [5.74, 6) is 0.698. The first kappa shape index (κ1) is 19.9. The van der Waals surface area contributed by atoms with Crippen LogP contribution in [-0.4, -0.2) is 41.0 Å². The van der Waals surface area contributed by atoms with Gasteiger partial charge in [0.1, 0.15) is 5.82 Å². The normalized spacial score (nSPS) is 21.1. The first-order chi connectivity index (χ1) is 15.6. The first-order valence-corrected chi connectivity index (χ1v) is 10.7. The molecule has 0 radical (unpaired) electrons. The van der Waals surface area contributed by atoms with Crippen LogP contribution in [0.1, 0.15) is 24.3 Å². The van der Waals surface area contributed by atoms with E-state index in [0.29, 0.717) is 30.4 Å². The van der Waals surface area contributed by atoms with Crippen LogP contribution in [-0.2, 0) is 9.59 Å². The number of carbonyl (C=O) groups is 2. The van der Waals surface area contributed by atoms with Gasteiger partial charge in [-0.15, -0.1) is 0 Å². The molecule has 0 unspecified atom stereocenters. The molecule has 0 bridgehead atoms. The van der Waals surface area contributed by atoms with Crippen LogP contribution < -0.4 is 11.1 Å². The quantitative estimate of drug-likeness (QED) is 0.770. The highest BCUT2D eigenvalue weighted by Gasteiger charge is 2.26. The fraction of sp³-hybridized carbons (Fsp3) is 0.200. The molecule has 3 N–H and O–H groups in total. The van der Waals surface area contributed by atoms with Crippen LogP contribution >= 0.6 is 0 Å². The Morgan fingerprint density at radius 2 is 1.94 bits per heavy atom. The molecule has 7 nitrogen and oxygen atoms in total. The van der Waals surface area contributed by atoms with E-state index in [1.807, 2.05) is 23.1 Å². The number of benzene rings is 1. The number of hydrogen-bond acceptors (Lipinski definition) is 5. The Balaban J connectivity index is 1.23. The van der Waals surface area contributed by atoms with Crippen molar-refractivity contribution in [3.05, 3.63) is 83.4 Å². The number of nitrogen functional groups attached to an aromatic ring is 1. The highest BCUT2D eigenvalue weighted by atomic mass is 16.2. The van der Waals surface area contributed by atoms with Gasteiger partial charge in [0.15, 0.2) is 0 Å². The number of hydrogen-bond donors (Lipinski definition) is 2. The molecule has 1 aromatic carbocycles. The Bertz CT molecular complexity index is 1240. The number of dihydropyridines is 2. The number of nitrogens with two attached hydrogens (primary N) is 1. The van der Waals surface area contributed by atoms with Crippen molar-refractivity contribution in [1.29, 1.82) is 0 Å². The van der Waals surface area contributed by atoms with E-state index < -0.39 is 0 Å². The Morgan fingerprint density at radius 1 is 1.09 bits per heavy atom. The van der Waals surface area contributed by atoms with Gasteiger partial charge in [-0.1, -0.05) is 12.1 Å². The van der Waals surface area contributed by atoms with Crippen molar-refractivity contribution >= 4 is 34.6 Å². The van der Waals surface area contributed by atoms with Gasteiger partial charge in [-0.2, -0.15) is 0 Å². The van der Waals surface area contributed by atoms with Gasteiger partial charge in [0, 0.05) is 54.4 Å². The molecule has 2 aromatic rings. The summed E-state index contributed by atoms with van der Waals surface area (Å²) < 4.78 is 0. The van der Waals surface area contributed by atoms with Crippen molar-refractivity contribution in [2.24, 2.45) is 4.99 Å². The SMILES string of the molecule is Nc1nccc2ccc(C3CCN(C(=O)C4=CNC(=C5C=CC(=O)N=C5)C=C4)CC3)cc12. The van der Waals surface area contributed by atoms with E-state index in [1.54, 1.807) is 18.5 Å². The number of aliphatic imine (C=N–C) groups is 1. The van der Waals surface area contributed by atoms with Crippen molar-refractivity contribution in [2.75, 3.05) is 18.8 Å². The molecule has 160 valence electrons. The Kier molecular flexibility index (Phi) is 5.15. The Hall–Kier alpha value is -4.00. The Morgan fingerprint density at radius 3 is 2.66 bits per heavy atom. The number of piperidine rings is 1. The second kappa shape index (κ2) is 8.26. The van der Waals surface area contributed by atoms with Gasteiger partial charge in [0.25, 0.3) is 11.8 Å². The van der Waals surface area contributed by atoms with Crippen LogP contribution in [0.5, 0.6) is 0 Å². The number of aromatic nitrogens is 1. The fourth-order valence-corrected chi connectivity index (χ4v) is 4.34. The second-order valence-electron chi connectivity index (χ2n) is 8.12. The summed E-state index contributed by atoms with van der Waals surface area (Å²) in [6, 6.07) is 8.36. The minimum absolute atomic E-state index is 0.0197. The highest BCUT2D eigenvalue weighted by molar-refractivity contribution is 6.03. The molecule has 32 heavy (non-hydrogen) atoms. The molecule has 1 aromatic heterocycles. The lowest BCUT2D eigenvalue weighted by Gasteiger charge is -2.33. The largest absolute Gasteiger partial charge is 0.383 e. The second-order valence-corrected chi connectivity index (χ2v) is 8.12. The molecule has 4 heterocycles. The molecule has 0 aliphatic carbocycles. The third-order valence-corrected chi connectivity index (χ3v) is 6.18. The van der Waals surface area contributed by atoms with Crippen LogP contribution in [0.2, 0.25) is 0 Å². The molecule has 3 aliphatic rings. The maximum atomic E-state index is 13.0. The number of pyridine rings is 1. The van der Waals surface area contributed by atoms with Crippen molar-refractivity contribution < 1.29 is 9.59 Å². The van der Waals surface area contributed by atoms with Gasteiger partial charge in [-0.3, -0.25) is 9.59 Å². The number of nitrogens with zero attached hydrogens (tertiary/aromatic N) is 3. The summed E-state index contributed by atoms with van der Waals surface area (Å²) in [6.07, 6.45) is 13.6. The maximum absolute atomic E-state index is 13.0. The van der Waals surface area contributed by atoms with Crippen LogP contribution in [0.15, 0.2) is 82.8 Å². The van der Waals surface area contributed by atoms with Gasteiger partial charge < -0.3 is 16.0 Å². The molecule has 7 heteroatoms. The lowest BCUT2D eigenvalue weighted by atomic mass is 9.88. The number of amides is 2. The molecule has 0 atom stereocenters. The average molecular weight is 425 g/mol. The van der Waals surface area contributed by atoms with E-state index in [4.69, 9.17) is 5.73 Å². The number of fused-ring (bicyclic) bond motifs is 1. The monoisotopic (exact) mass is 425 g/mol. The molecule has 1 fully saturated rings. The summed E-state index contributed by atoms with van der Waals surface area (Å²) in [5.41, 5.74) is 9.52. The summed E-state index contributed by atoms with van der Waals surface area (Å²) in [5, 5.41) is 5.22.